The van der Waals surface area contributed by atoms with Gasteiger partial charge in [0, 0.05) is 36.2 Å². The van der Waals surface area contributed by atoms with E-state index < -0.39 is 0 Å². The van der Waals surface area contributed by atoms with Gasteiger partial charge in [0.1, 0.15) is 0 Å². The Kier molecular flexibility index (Phi) is 4.65. The van der Waals surface area contributed by atoms with Crippen LogP contribution in [0, 0.1) is 0 Å². The molecule has 2 amide bonds. The van der Waals surface area contributed by atoms with Crippen LogP contribution in [0.2, 0.25) is 0 Å². The Morgan fingerprint density at radius 2 is 2.00 bits per heavy atom. The van der Waals surface area contributed by atoms with Crippen LogP contribution in [-0.2, 0) is 4.79 Å². The fourth-order valence-electron chi connectivity index (χ4n) is 2.33. The summed E-state index contributed by atoms with van der Waals surface area (Å²) >= 11 is 3.33. The number of halogens is 1. The van der Waals surface area contributed by atoms with Gasteiger partial charge >= 0.3 is 0 Å². The van der Waals surface area contributed by atoms with E-state index in [1.54, 1.807) is 30.0 Å². The first-order valence-corrected chi connectivity index (χ1v) is 7.38. The number of benzene rings is 1. The van der Waals surface area contributed by atoms with Gasteiger partial charge in [-0.3, -0.25) is 9.59 Å². The molecule has 1 aromatic rings. The van der Waals surface area contributed by atoms with Gasteiger partial charge in [-0.05, 0) is 31.0 Å². The van der Waals surface area contributed by atoms with Crippen LogP contribution in [-0.4, -0.2) is 35.8 Å². The van der Waals surface area contributed by atoms with Gasteiger partial charge in [-0.15, -0.1) is 0 Å². The number of nitrogen functional groups attached to an aromatic ring is 1. The molecule has 3 N–H and O–H groups in total. The summed E-state index contributed by atoms with van der Waals surface area (Å²) in [6.45, 7) is 2.95. The Balaban J connectivity index is 1.96. The van der Waals surface area contributed by atoms with E-state index in [0.29, 0.717) is 24.3 Å². The number of rotatable bonds is 2. The molecule has 0 radical (unpaired) electrons. The van der Waals surface area contributed by atoms with Gasteiger partial charge in [-0.25, -0.2) is 0 Å². The molecule has 0 unspecified atom stereocenters. The number of carbonyl (C=O) groups is 2. The van der Waals surface area contributed by atoms with Crippen LogP contribution in [0.3, 0.4) is 0 Å². The minimum absolute atomic E-state index is 0.0889. The summed E-state index contributed by atoms with van der Waals surface area (Å²) in [6.07, 6.45) is 1.55. The van der Waals surface area contributed by atoms with E-state index in [-0.39, 0.29) is 17.9 Å². The molecule has 5 nitrogen and oxygen atoms in total. The first-order valence-electron chi connectivity index (χ1n) is 6.59. The monoisotopic (exact) mass is 339 g/mol. The molecule has 0 atom stereocenters. The van der Waals surface area contributed by atoms with Crippen molar-refractivity contribution in [3.63, 3.8) is 0 Å². The zero-order valence-electron chi connectivity index (χ0n) is 11.4. The normalized spacial score (nSPS) is 16.0. The van der Waals surface area contributed by atoms with Gasteiger partial charge < -0.3 is 16.0 Å². The first kappa shape index (κ1) is 14.8. The Morgan fingerprint density at radius 1 is 1.35 bits per heavy atom. The minimum Gasteiger partial charge on any atom is -0.398 e. The third-order valence-corrected chi connectivity index (χ3v) is 4.03. The zero-order valence-corrected chi connectivity index (χ0v) is 12.9. The molecule has 1 fully saturated rings. The molecule has 0 saturated carbocycles. The average Bonchev–Trinajstić information content (AvgIpc) is 2.42. The Morgan fingerprint density at radius 3 is 2.60 bits per heavy atom. The van der Waals surface area contributed by atoms with Crippen LogP contribution in [0.5, 0.6) is 0 Å². The van der Waals surface area contributed by atoms with Gasteiger partial charge in [-0.1, -0.05) is 15.9 Å². The number of likely N-dealkylation sites (tertiary alicyclic amines) is 1. The maximum atomic E-state index is 12.2. The van der Waals surface area contributed by atoms with Crippen molar-refractivity contribution in [2.24, 2.45) is 0 Å². The van der Waals surface area contributed by atoms with E-state index in [1.165, 1.54) is 0 Å². The first-order chi connectivity index (χ1) is 9.47. The smallest absolute Gasteiger partial charge is 0.253 e. The predicted molar refractivity (Wildman–Crippen MR) is 81.3 cm³/mol. The summed E-state index contributed by atoms with van der Waals surface area (Å²) in [7, 11) is 0. The third-order valence-electron chi connectivity index (χ3n) is 3.54. The van der Waals surface area contributed by atoms with Crippen molar-refractivity contribution in [1.82, 2.24) is 10.2 Å². The van der Waals surface area contributed by atoms with E-state index >= 15 is 0 Å². The third kappa shape index (κ3) is 3.50. The number of amides is 2. The SMILES string of the molecule is CC(=O)N1CCC(NC(=O)c2cc(Br)ccc2N)CC1. The van der Waals surface area contributed by atoms with Crippen LogP contribution < -0.4 is 11.1 Å². The van der Waals surface area contributed by atoms with E-state index in [2.05, 4.69) is 21.2 Å². The standard InChI is InChI=1S/C14H18BrN3O2/c1-9(19)18-6-4-11(5-7-18)17-14(20)12-8-10(15)2-3-13(12)16/h2-3,8,11H,4-7,16H2,1H3,(H,17,20). The summed E-state index contributed by atoms with van der Waals surface area (Å²) < 4.78 is 0.822. The largest absolute Gasteiger partial charge is 0.398 e. The summed E-state index contributed by atoms with van der Waals surface area (Å²) in [5.41, 5.74) is 6.77. The van der Waals surface area contributed by atoms with Crippen molar-refractivity contribution in [2.45, 2.75) is 25.8 Å². The number of piperidine rings is 1. The molecule has 1 aliphatic heterocycles. The molecule has 1 aromatic carbocycles. The molecule has 1 aliphatic rings. The molecule has 2 rings (SSSR count). The number of carbonyl (C=O) groups excluding carboxylic acids is 2. The van der Waals surface area contributed by atoms with Gasteiger partial charge in [0.15, 0.2) is 0 Å². The zero-order chi connectivity index (χ0) is 14.7. The highest BCUT2D eigenvalue weighted by atomic mass is 79.9. The van der Waals surface area contributed by atoms with E-state index in [9.17, 15) is 9.59 Å². The summed E-state index contributed by atoms with van der Waals surface area (Å²) in [6, 6.07) is 5.32. The number of nitrogens with zero attached hydrogens (tertiary/aromatic N) is 1. The Labute approximate surface area is 126 Å². The number of nitrogens with one attached hydrogen (secondary N) is 1. The number of nitrogens with two attached hydrogens (primary N) is 1. The Bertz CT molecular complexity index is 525. The van der Waals surface area contributed by atoms with Crippen LogP contribution in [0.25, 0.3) is 0 Å². The molecular formula is C14H18BrN3O2. The molecular weight excluding hydrogens is 322 g/mol. The van der Waals surface area contributed by atoms with Gasteiger partial charge in [0.2, 0.25) is 5.91 Å². The summed E-state index contributed by atoms with van der Waals surface area (Å²) in [5.74, 6) is -0.0731. The van der Waals surface area contributed by atoms with Crippen LogP contribution >= 0.6 is 15.9 Å². The molecule has 108 valence electrons. The van der Waals surface area contributed by atoms with Crippen molar-refractivity contribution in [2.75, 3.05) is 18.8 Å². The van der Waals surface area contributed by atoms with Crippen molar-refractivity contribution < 1.29 is 9.59 Å². The van der Waals surface area contributed by atoms with Crippen molar-refractivity contribution in [1.29, 1.82) is 0 Å². The predicted octanol–water partition coefficient (Wildman–Crippen LogP) is 1.77. The lowest BCUT2D eigenvalue weighted by molar-refractivity contribution is -0.129. The van der Waals surface area contributed by atoms with Gasteiger partial charge in [0.25, 0.3) is 5.91 Å². The fourth-order valence-corrected chi connectivity index (χ4v) is 2.69. The average molecular weight is 340 g/mol. The van der Waals surface area contributed by atoms with Crippen molar-refractivity contribution >= 4 is 33.4 Å². The van der Waals surface area contributed by atoms with Crippen LogP contribution in [0.1, 0.15) is 30.1 Å². The van der Waals surface area contributed by atoms with E-state index in [4.69, 9.17) is 5.73 Å². The highest BCUT2D eigenvalue weighted by molar-refractivity contribution is 9.10. The molecule has 0 aromatic heterocycles. The second-order valence-electron chi connectivity index (χ2n) is 4.99. The lowest BCUT2D eigenvalue weighted by Gasteiger charge is -2.31. The summed E-state index contributed by atoms with van der Waals surface area (Å²) in [4.78, 5) is 25.3. The number of hydrogen-bond donors (Lipinski definition) is 2. The highest BCUT2D eigenvalue weighted by Gasteiger charge is 2.22. The fraction of sp³-hybridized carbons (Fsp3) is 0.429. The number of hydrogen-bond acceptors (Lipinski definition) is 3. The van der Waals surface area contributed by atoms with Crippen LogP contribution in [0.4, 0.5) is 5.69 Å². The molecule has 1 heterocycles. The van der Waals surface area contributed by atoms with Gasteiger partial charge in [0.05, 0.1) is 5.56 Å². The van der Waals surface area contributed by atoms with E-state index in [0.717, 1.165) is 17.3 Å². The second kappa shape index (κ2) is 6.26. The molecule has 20 heavy (non-hydrogen) atoms. The van der Waals surface area contributed by atoms with Crippen molar-refractivity contribution in [3.05, 3.63) is 28.2 Å². The molecule has 6 heteroatoms. The highest BCUT2D eigenvalue weighted by Crippen LogP contribution is 2.19. The quantitative estimate of drug-likeness (QED) is 0.806. The second-order valence-corrected chi connectivity index (χ2v) is 5.90. The lowest BCUT2D eigenvalue weighted by Crippen LogP contribution is -2.46. The maximum absolute atomic E-state index is 12.2. The van der Waals surface area contributed by atoms with Crippen molar-refractivity contribution in [3.8, 4) is 0 Å². The minimum atomic E-state index is -0.162. The Hall–Kier alpha value is -1.56. The lowest BCUT2D eigenvalue weighted by atomic mass is 10.0. The molecule has 0 spiro atoms. The van der Waals surface area contributed by atoms with Crippen LogP contribution in [0.15, 0.2) is 22.7 Å². The maximum Gasteiger partial charge on any atom is 0.253 e. The van der Waals surface area contributed by atoms with Gasteiger partial charge in [-0.2, -0.15) is 0 Å². The molecule has 0 bridgehead atoms. The topological polar surface area (TPSA) is 75.4 Å². The van der Waals surface area contributed by atoms with E-state index in [1.807, 2.05) is 0 Å². The number of anilines is 1. The molecule has 0 aliphatic carbocycles. The summed E-state index contributed by atoms with van der Waals surface area (Å²) in [5, 5.41) is 2.98. The molecule has 1 saturated heterocycles.